The Morgan fingerprint density at radius 3 is 2.48 bits per heavy atom. The summed E-state index contributed by atoms with van der Waals surface area (Å²) in [7, 11) is -1.89. The number of sulfonamides is 1. The maximum Gasteiger partial charge on any atom is 0.272 e. The van der Waals surface area contributed by atoms with Crippen molar-refractivity contribution < 1.29 is 17.9 Å². The number of nitrogens with one attached hydrogen (secondary N) is 1. The van der Waals surface area contributed by atoms with Crippen molar-refractivity contribution in [2.24, 2.45) is 4.99 Å². The Hall–Kier alpha value is -2.23. The number of methoxy groups -OCH3 is 1. The number of ether oxygens (including phenoxy) is 1. The predicted octanol–water partition coefficient (Wildman–Crippen LogP) is 1.86. The van der Waals surface area contributed by atoms with Crippen molar-refractivity contribution in [3.05, 3.63) is 47.3 Å². The molecule has 0 atom stereocenters. The Bertz CT molecular complexity index is 974. The van der Waals surface area contributed by atoms with Crippen molar-refractivity contribution >= 4 is 33.0 Å². The smallest absolute Gasteiger partial charge is 0.272 e. The minimum atomic E-state index is -3.48. The van der Waals surface area contributed by atoms with Gasteiger partial charge in [0.1, 0.15) is 21.3 Å². The second-order valence-electron chi connectivity index (χ2n) is 6.51. The maximum absolute atomic E-state index is 12.7. The molecular formula is C18H19N3O4S2. The number of piperidine rings is 1. The van der Waals surface area contributed by atoms with Gasteiger partial charge >= 0.3 is 0 Å². The van der Waals surface area contributed by atoms with Crippen LogP contribution in [0.4, 0.5) is 0 Å². The first-order valence-corrected chi connectivity index (χ1v) is 10.9. The number of hydrogen-bond acceptors (Lipinski definition) is 6. The van der Waals surface area contributed by atoms with Crippen LogP contribution in [0, 0.1) is 0 Å². The number of nitrogens with zero attached hydrogens (tertiary/aromatic N) is 2. The fourth-order valence-electron chi connectivity index (χ4n) is 3.38. The summed E-state index contributed by atoms with van der Waals surface area (Å²) in [6.45, 7) is 0.639. The summed E-state index contributed by atoms with van der Waals surface area (Å²) >= 11 is 1.21. The third kappa shape index (κ3) is 3.26. The number of carbonyl (C=O) groups is 1. The van der Waals surface area contributed by atoms with Crippen molar-refractivity contribution in [3.8, 4) is 5.75 Å². The second-order valence-corrected chi connectivity index (χ2v) is 9.62. The molecule has 1 aromatic carbocycles. The van der Waals surface area contributed by atoms with Gasteiger partial charge in [0.2, 0.25) is 0 Å². The summed E-state index contributed by atoms with van der Waals surface area (Å²) in [5, 5.41) is 4.71. The lowest BCUT2D eigenvalue weighted by Gasteiger charge is -2.36. The molecule has 0 radical (unpaired) electrons. The molecule has 2 aliphatic rings. The number of aliphatic imine (C=N–C) groups is 1. The van der Waals surface area contributed by atoms with Gasteiger partial charge in [-0.05, 0) is 35.7 Å². The number of thiophene rings is 1. The van der Waals surface area contributed by atoms with E-state index in [-0.39, 0.29) is 5.91 Å². The molecule has 1 spiro atoms. The van der Waals surface area contributed by atoms with Crippen LogP contribution in [0.15, 0.2) is 51.0 Å². The van der Waals surface area contributed by atoms with E-state index in [4.69, 9.17) is 4.74 Å². The summed E-state index contributed by atoms with van der Waals surface area (Å²) in [5.74, 6) is 0.481. The average molecular weight is 406 g/mol. The topological polar surface area (TPSA) is 88.1 Å². The number of carbonyl (C=O) groups excluding carboxylic acids is 1. The van der Waals surface area contributed by atoms with Gasteiger partial charge in [-0.15, -0.1) is 11.3 Å². The van der Waals surface area contributed by atoms with Gasteiger partial charge in [-0.3, -0.25) is 9.79 Å². The third-order valence-electron chi connectivity index (χ3n) is 4.89. The molecule has 7 nitrogen and oxygen atoms in total. The van der Waals surface area contributed by atoms with E-state index in [0.717, 1.165) is 5.56 Å². The van der Waals surface area contributed by atoms with E-state index in [1.165, 1.54) is 15.6 Å². The molecular weight excluding hydrogens is 386 g/mol. The third-order valence-corrected chi connectivity index (χ3v) is 8.16. The molecule has 0 bridgehead atoms. The van der Waals surface area contributed by atoms with E-state index in [1.54, 1.807) is 48.9 Å². The van der Waals surface area contributed by atoms with E-state index < -0.39 is 15.7 Å². The van der Waals surface area contributed by atoms with E-state index >= 15 is 0 Å². The van der Waals surface area contributed by atoms with Gasteiger partial charge in [0.05, 0.1) is 7.11 Å². The Kier molecular flexibility index (Phi) is 4.53. The maximum atomic E-state index is 12.7. The zero-order chi connectivity index (χ0) is 19.1. The standard InChI is InChI=1S/C18H19N3O4S2/c1-25-14-6-4-13(5-7-14)16-17(22)20-18(19-16)8-10-21(11-9-18)27(23,24)15-3-2-12-26-15/h2-7,12H,8-11H2,1H3,(H,20,22). The Morgan fingerprint density at radius 2 is 1.89 bits per heavy atom. The number of rotatable bonds is 4. The Balaban J connectivity index is 1.52. The van der Waals surface area contributed by atoms with Crippen LogP contribution >= 0.6 is 11.3 Å². The molecule has 2 aliphatic heterocycles. The fraction of sp³-hybridized carbons (Fsp3) is 0.333. The van der Waals surface area contributed by atoms with Gasteiger partial charge in [0, 0.05) is 31.5 Å². The van der Waals surface area contributed by atoms with Gasteiger partial charge in [-0.1, -0.05) is 6.07 Å². The molecule has 4 rings (SSSR count). The summed E-state index contributed by atoms with van der Waals surface area (Å²) in [5.41, 5.74) is 0.374. The van der Waals surface area contributed by atoms with Crippen LogP contribution in [0.1, 0.15) is 18.4 Å². The summed E-state index contributed by atoms with van der Waals surface area (Å²) in [6.07, 6.45) is 0.895. The van der Waals surface area contributed by atoms with E-state index in [1.807, 2.05) is 0 Å². The monoisotopic (exact) mass is 405 g/mol. The van der Waals surface area contributed by atoms with E-state index in [0.29, 0.717) is 41.6 Å². The molecule has 0 unspecified atom stereocenters. The summed E-state index contributed by atoms with van der Waals surface area (Å²) in [6, 6.07) is 10.5. The first-order chi connectivity index (χ1) is 12.9. The molecule has 142 valence electrons. The highest BCUT2D eigenvalue weighted by Gasteiger charge is 2.44. The first kappa shape index (κ1) is 18.1. The van der Waals surface area contributed by atoms with Crippen molar-refractivity contribution in [1.29, 1.82) is 0 Å². The number of benzene rings is 1. The van der Waals surface area contributed by atoms with Crippen LogP contribution in [-0.2, 0) is 14.8 Å². The zero-order valence-electron chi connectivity index (χ0n) is 14.7. The molecule has 1 N–H and O–H groups in total. The van der Waals surface area contributed by atoms with Crippen LogP contribution < -0.4 is 10.1 Å². The second kappa shape index (κ2) is 6.74. The molecule has 0 aliphatic carbocycles. The molecule has 27 heavy (non-hydrogen) atoms. The highest BCUT2D eigenvalue weighted by Crippen LogP contribution is 2.32. The first-order valence-electron chi connectivity index (χ1n) is 8.54. The highest BCUT2D eigenvalue weighted by molar-refractivity contribution is 7.91. The lowest BCUT2D eigenvalue weighted by molar-refractivity contribution is -0.115. The predicted molar refractivity (Wildman–Crippen MR) is 103 cm³/mol. The number of amides is 1. The minimum Gasteiger partial charge on any atom is -0.497 e. The molecule has 1 aromatic heterocycles. The van der Waals surface area contributed by atoms with Crippen molar-refractivity contribution in [3.63, 3.8) is 0 Å². The van der Waals surface area contributed by atoms with Gasteiger partial charge in [-0.2, -0.15) is 4.31 Å². The largest absolute Gasteiger partial charge is 0.497 e. The van der Waals surface area contributed by atoms with Crippen molar-refractivity contribution in [2.45, 2.75) is 22.7 Å². The van der Waals surface area contributed by atoms with Crippen LogP contribution in [0.3, 0.4) is 0 Å². The van der Waals surface area contributed by atoms with Crippen LogP contribution in [-0.4, -0.2) is 50.2 Å². The highest BCUT2D eigenvalue weighted by atomic mass is 32.2. The van der Waals surface area contributed by atoms with Gasteiger partial charge in [-0.25, -0.2) is 8.42 Å². The van der Waals surface area contributed by atoms with Crippen LogP contribution in [0.25, 0.3) is 0 Å². The van der Waals surface area contributed by atoms with Crippen molar-refractivity contribution in [2.75, 3.05) is 20.2 Å². The quantitative estimate of drug-likeness (QED) is 0.841. The molecule has 0 saturated carbocycles. The Labute approximate surface area is 161 Å². The number of hydrogen-bond donors (Lipinski definition) is 1. The molecule has 1 saturated heterocycles. The van der Waals surface area contributed by atoms with E-state index in [9.17, 15) is 13.2 Å². The van der Waals surface area contributed by atoms with Crippen LogP contribution in [0.2, 0.25) is 0 Å². The van der Waals surface area contributed by atoms with Gasteiger partial charge < -0.3 is 10.1 Å². The minimum absolute atomic E-state index is 0.227. The SMILES string of the molecule is COc1ccc(C2=NC3(CCN(S(=O)(=O)c4cccs4)CC3)NC2=O)cc1. The summed E-state index contributed by atoms with van der Waals surface area (Å²) < 4.78 is 32.3. The fourth-order valence-corrected chi connectivity index (χ4v) is 5.96. The zero-order valence-corrected chi connectivity index (χ0v) is 16.3. The molecule has 1 amide bonds. The molecule has 1 fully saturated rings. The van der Waals surface area contributed by atoms with Gasteiger partial charge in [0.15, 0.2) is 0 Å². The molecule has 3 heterocycles. The molecule has 2 aromatic rings. The normalized spacial score (nSPS) is 19.7. The average Bonchev–Trinajstić information content (AvgIpc) is 3.31. The van der Waals surface area contributed by atoms with Gasteiger partial charge in [0.25, 0.3) is 15.9 Å². The molecule has 9 heteroatoms. The Morgan fingerprint density at radius 1 is 1.19 bits per heavy atom. The lowest BCUT2D eigenvalue weighted by atomic mass is 10.00. The lowest BCUT2D eigenvalue weighted by Crippen LogP contribution is -2.52. The summed E-state index contributed by atoms with van der Waals surface area (Å²) in [4.78, 5) is 17.1. The van der Waals surface area contributed by atoms with Crippen molar-refractivity contribution in [1.82, 2.24) is 9.62 Å². The van der Waals surface area contributed by atoms with Crippen LogP contribution in [0.5, 0.6) is 5.75 Å². The van der Waals surface area contributed by atoms with E-state index in [2.05, 4.69) is 10.3 Å².